The first kappa shape index (κ1) is 20.6. The molecule has 152 valence electrons. The summed E-state index contributed by atoms with van der Waals surface area (Å²) in [7, 11) is 0. The van der Waals surface area contributed by atoms with Crippen molar-refractivity contribution in [3.63, 3.8) is 0 Å². The molecular weight excluding hydrogens is 368 g/mol. The van der Waals surface area contributed by atoms with E-state index in [1.807, 2.05) is 6.92 Å². The molecule has 3 rings (SSSR count). The topological polar surface area (TPSA) is 77.0 Å². The molecule has 29 heavy (non-hydrogen) atoms. The maximum absolute atomic E-state index is 12.2. The Bertz CT molecular complexity index is 838. The Morgan fingerprint density at radius 3 is 2.31 bits per heavy atom. The van der Waals surface area contributed by atoms with Gasteiger partial charge in [-0.2, -0.15) is 5.10 Å². The lowest BCUT2D eigenvalue weighted by atomic mass is 9.89. The number of hydrogen-bond donors (Lipinski definition) is 1. The van der Waals surface area contributed by atoms with Gasteiger partial charge in [-0.1, -0.05) is 19.3 Å². The summed E-state index contributed by atoms with van der Waals surface area (Å²) < 4.78 is 10.7. The number of amides is 1. The van der Waals surface area contributed by atoms with E-state index in [0.29, 0.717) is 23.7 Å². The fourth-order valence-electron chi connectivity index (χ4n) is 3.27. The molecule has 2 aromatic carbocycles. The Morgan fingerprint density at radius 2 is 1.66 bits per heavy atom. The van der Waals surface area contributed by atoms with Gasteiger partial charge in [0.15, 0.2) is 0 Å². The van der Waals surface area contributed by atoms with Crippen molar-refractivity contribution in [3.05, 3.63) is 59.7 Å². The summed E-state index contributed by atoms with van der Waals surface area (Å²) in [6.45, 7) is 2.48. The lowest BCUT2D eigenvalue weighted by Crippen LogP contribution is -2.28. The highest BCUT2D eigenvalue weighted by atomic mass is 16.5. The summed E-state index contributed by atoms with van der Waals surface area (Å²) in [5.74, 6) is 0.775. The van der Waals surface area contributed by atoms with Gasteiger partial charge in [0.2, 0.25) is 5.91 Å². The number of esters is 1. The molecule has 0 aliphatic heterocycles. The van der Waals surface area contributed by atoms with E-state index in [0.717, 1.165) is 31.2 Å². The number of carbonyl (C=O) groups excluding carboxylic acids is 2. The lowest BCUT2D eigenvalue weighted by Gasteiger charge is -2.19. The highest BCUT2D eigenvalue weighted by Crippen LogP contribution is 2.23. The molecule has 6 nitrogen and oxygen atoms in total. The van der Waals surface area contributed by atoms with Crippen LogP contribution in [0.4, 0.5) is 0 Å². The van der Waals surface area contributed by atoms with Gasteiger partial charge in [-0.05, 0) is 73.9 Å². The number of nitrogens with zero attached hydrogens (tertiary/aromatic N) is 1. The number of hydrogen-bond acceptors (Lipinski definition) is 5. The third-order valence-electron chi connectivity index (χ3n) is 4.86. The summed E-state index contributed by atoms with van der Waals surface area (Å²) in [6.07, 6.45) is 6.89. The highest BCUT2D eigenvalue weighted by molar-refractivity contribution is 5.91. The van der Waals surface area contributed by atoms with Crippen molar-refractivity contribution in [2.24, 2.45) is 11.0 Å². The normalized spacial score (nSPS) is 14.5. The number of benzene rings is 2. The standard InChI is InChI=1S/C23H26N2O4/c1-2-28-20-14-10-19(11-15-20)23(27)29-21-12-8-17(9-13-21)16-24-25-22(26)18-6-4-3-5-7-18/h8-16,18H,2-7H2,1H3,(H,25,26)/b24-16+. The van der Waals surface area contributed by atoms with Gasteiger partial charge in [-0.3, -0.25) is 4.79 Å². The first-order valence-electron chi connectivity index (χ1n) is 10.0. The molecule has 0 unspecified atom stereocenters. The van der Waals surface area contributed by atoms with E-state index in [1.54, 1.807) is 54.7 Å². The van der Waals surface area contributed by atoms with Crippen LogP contribution in [0.1, 0.15) is 54.9 Å². The molecule has 1 aliphatic carbocycles. The zero-order valence-electron chi connectivity index (χ0n) is 16.6. The molecule has 0 saturated heterocycles. The van der Waals surface area contributed by atoms with Gasteiger partial charge in [0, 0.05) is 5.92 Å². The summed E-state index contributed by atoms with van der Waals surface area (Å²) in [4.78, 5) is 24.3. The van der Waals surface area contributed by atoms with Crippen LogP contribution in [0.5, 0.6) is 11.5 Å². The highest BCUT2D eigenvalue weighted by Gasteiger charge is 2.20. The molecule has 0 bridgehead atoms. The van der Waals surface area contributed by atoms with Crippen molar-refractivity contribution in [1.82, 2.24) is 5.43 Å². The van der Waals surface area contributed by atoms with Crippen molar-refractivity contribution in [2.75, 3.05) is 6.61 Å². The Kier molecular flexibility index (Phi) is 7.39. The predicted octanol–water partition coefficient (Wildman–Crippen LogP) is 4.33. The second-order valence-corrected chi connectivity index (χ2v) is 6.99. The van der Waals surface area contributed by atoms with Crippen LogP contribution < -0.4 is 14.9 Å². The Hall–Kier alpha value is -3.15. The maximum Gasteiger partial charge on any atom is 0.343 e. The summed E-state index contributed by atoms with van der Waals surface area (Å²) in [6, 6.07) is 13.7. The van der Waals surface area contributed by atoms with Crippen LogP contribution in [0.3, 0.4) is 0 Å². The van der Waals surface area contributed by atoms with Crippen LogP contribution in [-0.4, -0.2) is 24.7 Å². The second-order valence-electron chi connectivity index (χ2n) is 6.99. The summed E-state index contributed by atoms with van der Waals surface area (Å²) >= 11 is 0. The zero-order valence-corrected chi connectivity index (χ0v) is 16.6. The second kappa shape index (κ2) is 10.4. The quantitative estimate of drug-likeness (QED) is 0.328. The summed E-state index contributed by atoms with van der Waals surface area (Å²) in [5.41, 5.74) is 3.87. The molecule has 1 saturated carbocycles. The van der Waals surface area contributed by atoms with Gasteiger partial charge in [0.25, 0.3) is 0 Å². The third-order valence-corrected chi connectivity index (χ3v) is 4.86. The van der Waals surface area contributed by atoms with Crippen LogP contribution in [0.2, 0.25) is 0 Å². The van der Waals surface area contributed by atoms with Crippen LogP contribution in [0, 0.1) is 5.92 Å². The molecular formula is C23H26N2O4. The zero-order chi connectivity index (χ0) is 20.5. The fourth-order valence-corrected chi connectivity index (χ4v) is 3.27. The molecule has 1 amide bonds. The molecule has 6 heteroatoms. The van der Waals surface area contributed by atoms with E-state index in [9.17, 15) is 9.59 Å². The fraction of sp³-hybridized carbons (Fsp3) is 0.348. The number of ether oxygens (including phenoxy) is 2. The average Bonchev–Trinajstić information content (AvgIpc) is 2.76. The number of carbonyl (C=O) groups is 2. The Labute approximate surface area is 170 Å². The number of hydrazone groups is 1. The van der Waals surface area contributed by atoms with Gasteiger partial charge < -0.3 is 9.47 Å². The van der Waals surface area contributed by atoms with Gasteiger partial charge in [0.1, 0.15) is 11.5 Å². The minimum absolute atomic E-state index is 0.0122. The number of rotatable bonds is 7. The Balaban J connectivity index is 1.50. The van der Waals surface area contributed by atoms with E-state index < -0.39 is 5.97 Å². The third kappa shape index (κ3) is 6.17. The molecule has 1 fully saturated rings. The van der Waals surface area contributed by atoms with Gasteiger partial charge in [-0.15, -0.1) is 0 Å². The van der Waals surface area contributed by atoms with E-state index in [2.05, 4.69) is 10.5 Å². The van der Waals surface area contributed by atoms with E-state index in [1.165, 1.54) is 6.42 Å². The summed E-state index contributed by atoms with van der Waals surface area (Å²) in [5, 5.41) is 4.03. The van der Waals surface area contributed by atoms with E-state index >= 15 is 0 Å². The van der Waals surface area contributed by atoms with Gasteiger partial charge >= 0.3 is 5.97 Å². The van der Waals surface area contributed by atoms with Crippen LogP contribution in [0.15, 0.2) is 53.6 Å². The first-order chi connectivity index (χ1) is 14.2. The van der Waals surface area contributed by atoms with Crippen molar-refractivity contribution in [2.45, 2.75) is 39.0 Å². The Morgan fingerprint density at radius 1 is 1.00 bits per heavy atom. The van der Waals surface area contributed by atoms with Crippen molar-refractivity contribution >= 4 is 18.1 Å². The largest absolute Gasteiger partial charge is 0.494 e. The molecule has 0 aromatic heterocycles. The van der Waals surface area contributed by atoms with Gasteiger partial charge in [0.05, 0.1) is 18.4 Å². The van der Waals surface area contributed by atoms with Gasteiger partial charge in [-0.25, -0.2) is 10.2 Å². The molecule has 0 spiro atoms. The minimum atomic E-state index is -0.436. The van der Waals surface area contributed by atoms with Crippen molar-refractivity contribution in [3.8, 4) is 11.5 Å². The molecule has 2 aromatic rings. The van der Waals surface area contributed by atoms with Crippen molar-refractivity contribution in [1.29, 1.82) is 0 Å². The molecule has 1 N–H and O–H groups in total. The van der Waals surface area contributed by atoms with E-state index in [4.69, 9.17) is 9.47 Å². The van der Waals surface area contributed by atoms with Crippen molar-refractivity contribution < 1.29 is 19.1 Å². The molecule has 1 aliphatic rings. The SMILES string of the molecule is CCOc1ccc(C(=O)Oc2ccc(/C=N/NC(=O)C3CCCCC3)cc2)cc1. The van der Waals surface area contributed by atoms with E-state index in [-0.39, 0.29) is 11.8 Å². The minimum Gasteiger partial charge on any atom is -0.494 e. The monoisotopic (exact) mass is 394 g/mol. The first-order valence-corrected chi connectivity index (χ1v) is 10.0. The number of nitrogens with one attached hydrogen (secondary N) is 1. The smallest absolute Gasteiger partial charge is 0.343 e. The predicted molar refractivity (Wildman–Crippen MR) is 111 cm³/mol. The molecule has 0 radical (unpaired) electrons. The molecule has 0 atom stereocenters. The average molecular weight is 394 g/mol. The van der Waals surface area contributed by atoms with Crippen LogP contribution >= 0.6 is 0 Å². The van der Waals surface area contributed by atoms with Crippen LogP contribution in [0.25, 0.3) is 0 Å². The lowest BCUT2D eigenvalue weighted by molar-refractivity contribution is -0.125. The van der Waals surface area contributed by atoms with Crippen LogP contribution in [-0.2, 0) is 4.79 Å². The molecule has 0 heterocycles. The maximum atomic E-state index is 12.2.